The molecule has 2 aliphatic rings. The Morgan fingerprint density at radius 1 is 1.13 bits per heavy atom. The molecule has 1 unspecified atom stereocenters. The normalized spacial score (nSPS) is 23.9. The Morgan fingerprint density at radius 2 is 1.97 bits per heavy atom. The first-order valence-electron chi connectivity index (χ1n) is 9.41. The van der Waals surface area contributed by atoms with Crippen molar-refractivity contribution in [1.82, 2.24) is 25.2 Å². The first-order valence-corrected chi connectivity index (χ1v) is 9.41. The lowest BCUT2D eigenvalue weighted by Crippen LogP contribution is -2.51. The number of benzene rings is 1. The predicted octanol–water partition coefficient (Wildman–Crippen LogP) is 2.94. The fourth-order valence-electron chi connectivity index (χ4n) is 4.03. The molecule has 154 valence electrons. The van der Waals surface area contributed by atoms with Gasteiger partial charge >= 0.3 is 12.2 Å². The molecule has 1 aromatic carbocycles. The molecule has 0 spiro atoms. The second kappa shape index (κ2) is 6.54. The van der Waals surface area contributed by atoms with Crippen LogP contribution < -0.4 is 10.6 Å². The largest absolute Gasteiger partial charge is 0.416 e. The molecule has 30 heavy (non-hydrogen) atoms. The molecule has 0 bridgehead atoms. The monoisotopic (exact) mass is 415 g/mol. The highest BCUT2D eigenvalue weighted by atomic mass is 19.4. The zero-order valence-corrected chi connectivity index (χ0v) is 15.5. The van der Waals surface area contributed by atoms with Crippen LogP contribution in [0, 0.1) is 0 Å². The number of rotatable bonds is 3. The van der Waals surface area contributed by atoms with E-state index in [4.69, 9.17) is 0 Å². The molecule has 2 N–H and O–H groups in total. The summed E-state index contributed by atoms with van der Waals surface area (Å²) in [6.07, 6.45) is -0.469. The van der Waals surface area contributed by atoms with Crippen LogP contribution in [0.5, 0.6) is 0 Å². The van der Waals surface area contributed by atoms with E-state index in [-0.39, 0.29) is 18.4 Å². The van der Waals surface area contributed by atoms with Gasteiger partial charge < -0.3 is 5.32 Å². The number of carbonyl (C=O) groups is 2. The van der Waals surface area contributed by atoms with E-state index in [0.29, 0.717) is 23.3 Å². The van der Waals surface area contributed by atoms with Crippen LogP contribution in [-0.4, -0.2) is 33.1 Å². The molecule has 3 aromatic rings. The number of amides is 3. The second-order valence-electron chi connectivity index (χ2n) is 7.54. The highest BCUT2D eigenvalue weighted by Gasteiger charge is 2.43. The van der Waals surface area contributed by atoms with E-state index < -0.39 is 29.6 Å². The third-order valence-corrected chi connectivity index (χ3v) is 5.62. The maximum Gasteiger partial charge on any atom is 0.416 e. The van der Waals surface area contributed by atoms with Crippen LogP contribution in [-0.2, 0) is 11.0 Å². The van der Waals surface area contributed by atoms with Gasteiger partial charge in [-0.15, -0.1) is 0 Å². The molecule has 2 fully saturated rings. The molecule has 7 nitrogen and oxygen atoms in total. The lowest BCUT2D eigenvalue weighted by molar-refractivity contribution is -0.137. The summed E-state index contributed by atoms with van der Waals surface area (Å²) >= 11 is 0. The Morgan fingerprint density at radius 3 is 2.73 bits per heavy atom. The molecular weight excluding hydrogens is 399 g/mol. The van der Waals surface area contributed by atoms with Crippen molar-refractivity contribution in [3.8, 4) is 0 Å². The van der Waals surface area contributed by atoms with E-state index in [1.165, 1.54) is 12.1 Å². The number of imidazole rings is 1. The molecule has 1 aliphatic carbocycles. The highest BCUT2D eigenvalue weighted by Crippen LogP contribution is 2.56. The Labute approximate surface area is 168 Å². The summed E-state index contributed by atoms with van der Waals surface area (Å²) in [7, 11) is 0. The van der Waals surface area contributed by atoms with Crippen molar-refractivity contribution < 1.29 is 22.8 Å². The van der Waals surface area contributed by atoms with Crippen molar-refractivity contribution in [2.24, 2.45) is 0 Å². The minimum atomic E-state index is -4.39. The van der Waals surface area contributed by atoms with Crippen LogP contribution in [0.3, 0.4) is 0 Å². The fourth-order valence-corrected chi connectivity index (χ4v) is 4.03. The van der Waals surface area contributed by atoms with E-state index >= 15 is 0 Å². The minimum absolute atomic E-state index is 0.0265. The zero-order chi connectivity index (χ0) is 21.0. The maximum absolute atomic E-state index is 13.1. The number of alkyl halides is 3. The zero-order valence-electron chi connectivity index (χ0n) is 15.5. The molecule has 3 heterocycles. The Kier molecular flexibility index (Phi) is 4.05. The topological polar surface area (TPSA) is 88.4 Å². The number of hydrogen-bond donors (Lipinski definition) is 2. The average molecular weight is 415 g/mol. The number of urea groups is 1. The van der Waals surface area contributed by atoms with Gasteiger partial charge in [0.15, 0.2) is 5.65 Å². The van der Waals surface area contributed by atoms with Crippen molar-refractivity contribution >= 4 is 17.6 Å². The molecule has 1 saturated carbocycles. The van der Waals surface area contributed by atoms with Gasteiger partial charge in [0.05, 0.1) is 17.2 Å². The van der Waals surface area contributed by atoms with E-state index in [2.05, 4.69) is 20.7 Å². The summed E-state index contributed by atoms with van der Waals surface area (Å²) < 4.78 is 40.8. The highest BCUT2D eigenvalue weighted by molar-refractivity contribution is 6.00. The molecule has 1 saturated heterocycles. The van der Waals surface area contributed by atoms with Crippen LogP contribution in [0.15, 0.2) is 42.7 Å². The van der Waals surface area contributed by atoms with Gasteiger partial charge in [0, 0.05) is 24.5 Å². The minimum Gasteiger partial charge on any atom is -0.337 e. The number of halogens is 3. The van der Waals surface area contributed by atoms with Crippen molar-refractivity contribution in [2.45, 2.75) is 30.4 Å². The van der Waals surface area contributed by atoms with Gasteiger partial charge in [0.25, 0.3) is 0 Å². The van der Waals surface area contributed by atoms with E-state index in [9.17, 15) is 22.8 Å². The van der Waals surface area contributed by atoms with Crippen molar-refractivity contribution in [1.29, 1.82) is 0 Å². The molecule has 3 atom stereocenters. The molecule has 0 radical (unpaired) electrons. The molecule has 5 rings (SSSR count). The van der Waals surface area contributed by atoms with Gasteiger partial charge in [-0.2, -0.15) is 18.3 Å². The number of carbonyl (C=O) groups excluding carboxylic acids is 2. The summed E-state index contributed by atoms with van der Waals surface area (Å²) in [4.78, 5) is 27.9. The summed E-state index contributed by atoms with van der Waals surface area (Å²) in [6.45, 7) is 0.124. The maximum atomic E-state index is 13.1. The van der Waals surface area contributed by atoms with Gasteiger partial charge in [-0.05, 0) is 36.0 Å². The summed E-state index contributed by atoms with van der Waals surface area (Å²) in [5.74, 6) is -1.19. The number of hydrogen-bond acceptors (Lipinski definition) is 4. The fraction of sp³-hybridized carbons (Fsp3) is 0.300. The molecular formula is C20H16F3N5O2. The summed E-state index contributed by atoms with van der Waals surface area (Å²) in [5.41, 5.74) is 1.88. The number of fused-ring (bicyclic) bond motifs is 1. The number of nitrogens with one attached hydrogen (secondary N) is 2. The Hall–Kier alpha value is -3.43. The van der Waals surface area contributed by atoms with Crippen LogP contribution in [0.2, 0.25) is 0 Å². The third kappa shape index (κ3) is 3.17. The smallest absolute Gasteiger partial charge is 0.337 e. The Balaban J connectivity index is 1.49. The van der Waals surface area contributed by atoms with E-state index in [1.807, 2.05) is 0 Å². The van der Waals surface area contributed by atoms with E-state index in [1.54, 1.807) is 29.0 Å². The number of nitrogens with zero attached hydrogens (tertiary/aromatic N) is 3. The first-order chi connectivity index (χ1) is 14.3. The molecule has 3 amide bonds. The summed E-state index contributed by atoms with van der Waals surface area (Å²) in [5, 5.41) is 9.25. The molecule has 2 aromatic heterocycles. The predicted molar refractivity (Wildman–Crippen MR) is 98.8 cm³/mol. The number of aromatic nitrogens is 3. The first kappa shape index (κ1) is 18.6. The molecule has 10 heteroatoms. The lowest BCUT2D eigenvalue weighted by atomic mass is 9.98. The van der Waals surface area contributed by atoms with Gasteiger partial charge in [0.1, 0.15) is 0 Å². The van der Waals surface area contributed by atoms with Crippen LogP contribution in [0.4, 0.5) is 18.0 Å². The quantitative estimate of drug-likeness (QED) is 0.689. The van der Waals surface area contributed by atoms with Crippen molar-refractivity contribution in [2.75, 3.05) is 6.54 Å². The average Bonchev–Trinajstić information content (AvgIpc) is 3.35. The van der Waals surface area contributed by atoms with Gasteiger partial charge in [-0.3, -0.25) is 10.1 Å². The van der Waals surface area contributed by atoms with Crippen molar-refractivity contribution in [3.05, 3.63) is 65.1 Å². The van der Waals surface area contributed by atoms with E-state index in [0.717, 1.165) is 11.6 Å². The van der Waals surface area contributed by atoms with Crippen LogP contribution in [0.25, 0.3) is 5.65 Å². The van der Waals surface area contributed by atoms with Gasteiger partial charge in [0.2, 0.25) is 5.91 Å². The van der Waals surface area contributed by atoms with Crippen molar-refractivity contribution in [3.63, 3.8) is 0 Å². The Bertz CT molecular complexity index is 1170. The SMILES string of the molecule is O=C1NCC(c2cc([C@@H]3C[C@H]3c3cccc(C(F)(F)F)c3)c3nccn3n2)C(=O)N1. The standard InChI is InChI=1S/C20H16F3N5O2/c21-20(22,23)11-3-1-2-10(6-11)12-7-13(12)14-8-16(27-28-5-4-24-17(14)28)15-9-25-19(30)26-18(15)29/h1-6,8,12-13,15H,7,9H2,(H2,25,26,29,30)/t12-,13+,15?/m0/s1. The van der Waals surface area contributed by atoms with Crippen LogP contribution >= 0.6 is 0 Å². The van der Waals surface area contributed by atoms with Gasteiger partial charge in [-0.1, -0.05) is 18.2 Å². The van der Waals surface area contributed by atoms with Gasteiger partial charge in [-0.25, -0.2) is 14.3 Å². The summed E-state index contributed by atoms with van der Waals surface area (Å²) in [6, 6.07) is 6.61. The lowest BCUT2D eigenvalue weighted by Gasteiger charge is -2.22. The molecule has 1 aliphatic heterocycles. The van der Waals surface area contributed by atoms with Crippen LogP contribution in [0.1, 0.15) is 46.6 Å². The second-order valence-corrected chi connectivity index (χ2v) is 7.54. The number of imide groups is 1. The third-order valence-electron chi connectivity index (χ3n) is 5.62.